The molecule has 0 fully saturated rings. The standard InChI is InChI=1S/C11H13NO4S/c1-8(11(13)14)7-9-5-3-4-6-10(9)17(15,16)12-2/h3-7,12H,1-2H3,(H,13,14). The van der Waals surface area contributed by atoms with Gasteiger partial charge in [-0.05, 0) is 31.7 Å². The molecule has 0 aliphatic heterocycles. The lowest BCUT2D eigenvalue weighted by atomic mass is 10.1. The Morgan fingerprint density at radius 3 is 2.47 bits per heavy atom. The number of hydrogen-bond donors (Lipinski definition) is 2. The topological polar surface area (TPSA) is 83.5 Å². The highest BCUT2D eigenvalue weighted by molar-refractivity contribution is 7.89. The summed E-state index contributed by atoms with van der Waals surface area (Å²) < 4.78 is 25.6. The Morgan fingerprint density at radius 1 is 1.35 bits per heavy atom. The molecule has 0 amide bonds. The molecule has 0 bridgehead atoms. The van der Waals surface area contributed by atoms with Gasteiger partial charge in [0.2, 0.25) is 10.0 Å². The number of hydrogen-bond acceptors (Lipinski definition) is 3. The summed E-state index contributed by atoms with van der Waals surface area (Å²) in [6.45, 7) is 1.41. The summed E-state index contributed by atoms with van der Waals surface area (Å²) in [6, 6.07) is 6.21. The van der Waals surface area contributed by atoms with E-state index in [1.165, 1.54) is 26.1 Å². The van der Waals surface area contributed by atoms with Gasteiger partial charge in [0.15, 0.2) is 0 Å². The van der Waals surface area contributed by atoms with E-state index in [2.05, 4.69) is 4.72 Å². The number of carbonyl (C=O) groups is 1. The van der Waals surface area contributed by atoms with Crippen LogP contribution in [0.4, 0.5) is 0 Å². The molecule has 0 unspecified atom stereocenters. The van der Waals surface area contributed by atoms with E-state index in [-0.39, 0.29) is 10.5 Å². The monoisotopic (exact) mass is 255 g/mol. The maximum atomic E-state index is 11.7. The molecular formula is C11H13NO4S. The molecule has 0 heterocycles. The summed E-state index contributed by atoms with van der Waals surface area (Å²) in [5.41, 5.74) is 0.422. The number of benzene rings is 1. The number of aliphatic carboxylic acids is 1. The summed E-state index contributed by atoms with van der Waals surface area (Å²) in [4.78, 5) is 10.8. The minimum Gasteiger partial charge on any atom is -0.478 e. The molecule has 0 aromatic heterocycles. The van der Waals surface area contributed by atoms with Crippen molar-refractivity contribution in [1.29, 1.82) is 0 Å². The fraction of sp³-hybridized carbons (Fsp3) is 0.182. The van der Waals surface area contributed by atoms with Crippen LogP contribution in [-0.4, -0.2) is 26.5 Å². The molecule has 0 aliphatic rings. The van der Waals surface area contributed by atoms with Crippen LogP contribution in [0, 0.1) is 0 Å². The molecule has 0 aliphatic carbocycles. The van der Waals surface area contributed by atoms with Crippen LogP contribution < -0.4 is 4.72 Å². The molecule has 1 aromatic carbocycles. The number of carboxylic acids is 1. The third-order valence-corrected chi connectivity index (χ3v) is 3.67. The van der Waals surface area contributed by atoms with Gasteiger partial charge in [-0.25, -0.2) is 17.9 Å². The van der Waals surface area contributed by atoms with Gasteiger partial charge in [-0.15, -0.1) is 0 Å². The van der Waals surface area contributed by atoms with Crippen molar-refractivity contribution in [3.63, 3.8) is 0 Å². The van der Waals surface area contributed by atoms with Crippen LogP contribution in [0.25, 0.3) is 6.08 Å². The van der Waals surface area contributed by atoms with E-state index >= 15 is 0 Å². The van der Waals surface area contributed by atoms with E-state index in [0.717, 1.165) is 0 Å². The summed E-state index contributed by atoms with van der Waals surface area (Å²) in [5, 5.41) is 8.76. The smallest absolute Gasteiger partial charge is 0.331 e. The van der Waals surface area contributed by atoms with Gasteiger partial charge in [0.1, 0.15) is 0 Å². The van der Waals surface area contributed by atoms with Crippen molar-refractivity contribution in [3.8, 4) is 0 Å². The SMILES string of the molecule is CNS(=O)(=O)c1ccccc1C=C(C)C(=O)O. The van der Waals surface area contributed by atoms with E-state index in [0.29, 0.717) is 5.56 Å². The Morgan fingerprint density at radius 2 is 1.94 bits per heavy atom. The highest BCUT2D eigenvalue weighted by atomic mass is 32.2. The zero-order chi connectivity index (χ0) is 13.1. The molecule has 6 heteroatoms. The Balaban J connectivity index is 3.37. The fourth-order valence-corrected chi connectivity index (χ4v) is 2.16. The van der Waals surface area contributed by atoms with E-state index < -0.39 is 16.0 Å². The third-order valence-electron chi connectivity index (χ3n) is 2.19. The van der Waals surface area contributed by atoms with E-state index in [1.54, 1.807) is 18.2 Å². The minimum atomic E-state index is -3.59. The largest absolute Gasteiger partial charge is 0.478 e. The van der Waals surface area contributed by atoms with Crippen LogP contribution in [0.1, 0.15) is 12.5 Å². The zero-order valence-electron chi connectivity index (χ0n) is 9.47. The molecule has 17 heavy (non-hydrogen) atoms. The first kappa shape index (κ1) is 13.4. The van der Waals surface area contributed by atoms with Crippen LogP contribution in [-0.2, 0) is 14.8 Å². The van der Waals surface area contributed by atoms with Gasteiger partial charge < -0.3 is 5.11 Å². The lowest BCUT2D eigenvalue weighted by Crippen LogP contribution is -2.19. The van der Waals surface area contributed by atoms with Crippen LogP contribution in [0.3, 0.4) is 0 Å². The molecule has 0 saturated heterocycles. The second-order valence-electron chi connectivity index (χ2n) is 3.38. The average molecular weight is 255 g/mol. The lowest BCUT2D eigenvalue weighted by Gasteiger charge is -2.06. The van der Waals surface area contributed by atoms with Crippen LogP contribution in [0.5, 0.6) is 0 Å². The molecule has 1 rings (SSSR count). The molecule has 92 valence electrons. The first-order chi connectivity index (χ1) is 7.88. The van der Waals surface area contributed by atoms with E-state index in [9.17, 15) is 13.2 Å². The van der Waals surface area contributed by atoms with Crippen molar-refractivity contribution in [3.05, 3.63) is 35.4 Å². The normalized spacial score (nSPS) is 12.5. The predicted octanol–water partition coefficient (Wildman–Crippen LogP) is 1.08. The number of rotatable bonds is 4. The van der Waals surface area contributed by atoms with Crippen molar-refractivity contribution in [2.24, 2.45) is 0 Å². The summed E-state index contributed by atoms with van der Waals surface area (Å²) in [7, 11) is -2.28. The van der Waals surface area contributed by atoms with Crippen molar-refractivity contribution >= 4 is 22.1 Å². The van der Waals surface area contributed by atoms with Gasteiger partial charge in [-0.1, -0.05) is 18.2 Å². The summed E-state index contributed by atoms with van der Waals surface area (Å²) in [5.74, 6) is -1.08. The number of sulfonamides is 1. The zero-order valence-corrected chi connectivity index (χ0v) is 10.3. The lowest BCUT2D eigenvalue weighted by molar-refractivity contribution is -0.132. The molecule has 0 radical (unpaired) electrons. The second-order valence-corrected chi connectivity index (χ2v) is 5.23. The number of carboxylic acid groups (broad SMARTS) is 1. The van der Waals surface area contributed by atoms with Crippen molar-refractivity contribution < 1.29 is 18.3 Å². The average Bonchev–Trinajstić information content (AvgIpc) is 2.29. The second kappa shape index (κ2) is 5.11. The molecule has 0 atom stereocenters. The Hall–Kier alpha value is -1.66. The maximum absolute atomic E-state index is 11.7. The highest BCUT2D eigenvalue weighted by Gasteiger charge is 2.15. The molecule has 5 nitrogen and oxygen atoms in total. The first-order valence-electron chi connectivity index (χ1n) is 4.82. The van der Waals surface area contributed by atoms with Crippen LogP contribution >= 0.6 is 0 Å². The van der Waals surface area contributed by atoms with Gasteiger partial charge in [-0.3, -0.25) is 0 Å². The first-order valence-corrected chi connectivity index (χ1v) is 6.31. The quantitative estimate of drug-likeness (QED) is 0.789. The van der Waals surface area contributed by atoms with Crippen molar-refractivity contribution in [2.45, 2.75) is 11.8 Å². The fourth-order valence-electron chi connectivity index (χ4n) is 1.25. The van der Waals surface area contributed by atoms with Gasteiger partial charge in [-0.2, -0.15) is 0 Å². The van der Waals surface area contributed by atoms with Crippen molar-refractivity contribution in [2.75, 3.05) is 7.05 Å². The van der Waals surface area contributed by atoms with E-state index in [1.807, 2.05) is 0 Å². The number of nitrogens with one attached hydrogen (secondary N) is 1. The summed E-state index contributed by atoms with van der Waals surface area (Å²) >= 11 is 0. The molecule has 2 N–H and O–H groups in total. The van der Waals surface area contributed by atoms with Gasteiger partial charge in [0.25, 0.3) is 0 Å². The minimum absolute atomic E-state index is 0.0584. The summed E-state index contributed by atoms with van der Waals surface area (Å²) in [6.07, 6.45) is 1.33. The Kier molecular flexibility index (Phi) is 4.03. The Bertz CT molecular complexity index is 561. The van der Waals surface area contributed by atoms with E-state index in [4.69, 9.17) is 5.11 Å². The predicted molar refractivity (Wildman–Crippen MR) is 64.0 cm³/mol. The van der Waals surface area contributed by atoms with Gasteiger partial charge >= 0.3 is 5.97 Å². The van der Waals surface area contributed by atoms with Crippen molar-refractivity contribution in [1.82, 2.24) is 4.72 Å². The Labute approximate surface area is 99.8 Å². The molecular weight excluding hydrogens is 242 g/mol. The van der Waals surface area contributed by atoms with Gasteiger partial charge in [0, 0.05) is 5.57 Å². The van der Waals surface area contributed by atoms with Gasteiger partial charge in [0.05, 0.1) is 4.90 Å². The molecule has 1 aromatic rings. The maximum Gasteiger partial charge on any atom is 0.331 e. The molecule has 0 saturated carbocycles. The van der Waals surface area contributed by atoms with Crippen LogP contribution in [0.2, 0.25) is 0 Å². The van der Waals surface area contributed by atoms with Crippen LogP contribution in [0.15, 0.2) is 34.7 Å². The molecule has 0 spiro atoms. The third kappa shape index (κ3) is 3.15. The highest BCUT2D eigenvalue weighted by Crippen LogP contribution is 2.18.